The molecular weight excluding hydrogens is 228 g/mol. The maximum atomic E-state index is 11.8. The Balaban J connectivity index is 2.15. The monoisotopic (exact) mass is 242 g/mol. The van der Waals surface area contributed by atoms with Gasteiger partial charge in [0.15, 0.2) is 5.78 Å². The number of rotatable bonds is 3. The van der Waals surface area contributed by atoms with Gasteiger partial charge in [0.1, 0.15) is 0 Å². The quantitative estimate of drug-likeness (QED) is 0.580. The highest BCUT2D eigenvalue weighted by atomic mass is 32.1. The Bertz CT molecular complexity index is 550. The van der Waals surface area contributed by atoms with Crippen molar-refractivity contribution in [1.29, 1.82) is 0 Å². The van der Waals surface area contributed by atoms with E-state index in [1.807, 2.05) is 29.7 Å². The molecule has 0 fully saturated rings. The van der Waals surface area contributed by atoms with Crippen LogP contribution in [0.5, 0.6) is 0 Å². The number of carbonyl (C=O) groups is 1. The number of hydrogen-bond donors (Lipinski definition) is 0. The number of carbonyl (C=O) groups excluding carboxylic acids is 1. The van der Waals surface area contributed by atoms with Gasteiger partial charge in [-0.1, -0.05) is 30.3 Å². The lowest BCUT2D eigenvalue weighted by Crippen LogP contribution is -1.89. The molecule has 0 atom stereocenters. The number of thiophene rings is 1. The highest BCUT2D eigenvalue weighted by molar-refractivity contribution is 7.12. The van der Waals surface area contributed by atoms with Gasteiger partial charge in [0.25, 0.3) is 0 Å². The molecule has 2 heteroatoms. The van der Waals surface area contributed by atoms with E-state index in [9.17, 15) is 4.79 Å². The van der Waals surface area contributed by atoms with Crippen molar-refractivity contribution in [3.8, 4) is 0 Å². The summed E-state index contributed by atoms with van der Waals surface area (Å²) in [5.41, 5.74) is 3.58. The normalized spacial score (nSPS) is 10.9. The SMILES string of the molecule is Cc1ccc(C=CC(=O)c2cccs2)cc1C. The van der Waals surface area contributed by atoms with Crippen LogP contribution in [0.15, 0.2) is 41.8 Å². The van der Waals surface area contributed by atoms with Crippen LogP contribution < -0.4 is 0 Å². The summed E-state index contributed by atoms with van der Waals surface area (Å²) < 4.78 is 0. The third-order valence-electron chi connectivity index (χ3n) is 2.72. The molecule has 0 N–H and O–H groups in total. The molecule has 0 aliphatic rings. The molecule has 0 amide bonds. The van der Waals surface area contributed by atoms with Crippen LogP contribution in [0.1, 0.15) is 26.4 Å². The van der Waals surface area contributed by atoms with E-state index in [1.165, 1.54) is 22.5 Å². The molecule has 1 aromatic heterocycles. The van der Waals surface area contributed by atoms with E-state index in [-0.39, 0.29) is 5.78 Å². The molecule has 1 heterocycles. The summed E-state index contributed by atoms with van der Waals surface area (Å²) in [6, 6.07) is 9.93. The molecule has 0 aliphatic heterocycles. The van der Waals surface area contributed by atoms with Crippen LogP contribution in [0.3, 0.4) is 0 Å². The summed E-state index contributed by atoms with van der Waals surface area (Å²) >= 11 is 1.47. The minimum atomic E-state index is 0.0678. The molecule has 1 aromatic carbocycles. The van der Waals surface area contributed by atoms with Gasteiger partial charge in [0.05, 0.1) is 4.88 Å². The second kappa shape index (κ2) is 5.11. The van der Waals surface area contributed by atoms with Crippen LogP contribution in [-0.2, 0) is 0 Å². The number of benzene rings is 1. The van der Waals surface area contributed by atoms with Crippen molar-refractivity contribution in [2.75, 3.05) is 0 Å². The molecule has 0 aliphatic carbocycles. The van der Waals surface area contributed by atoms with Crippen molar-refractivity contribution in [2.45, 2.75) is 13.8 Å². The Morgan fingerprint density at radius 1 is 1.18 bits per heavy atom. The fraction of sp³-hybridized carbons (Fsp3) is 0.133. The first-order valence-corrected chi connectivity index (χ1v) is 6.38. The maximum Gasteiger partial charge on any atom is 0.195 e. The van der Waals surface area contributed by atoms with E-state index < -0.39 is 0 Å². The highest BCUT2D eigenvalue weighted by Crippen LogP contribution is 2.13. The second-order valence-electron chi connectivity index (χ2n) is 4.02. The van der Waals surface area contributed by atoms with Crippen LogP contribution in [-0.4, -0.2) is 5.78 Å². The van der Waals surface area contributed by atoms with E-state index in [4.69, 9.17) is 0 Å². The number of hydrogen-bond acceptors (Lipinski definition) is 2. The Kier molecular flexibility index (Phi) is 3.55. The fourth-order valence-electron chi connectivity index (χ4n) is 1.54. The van der Waals surface area contributed by atoms with E-state index in [0.29, 0.717) is 0 Å². The van der Waals surface area contributed by atoms with Crippen LogP contribution >= 0.6 is 11.3 Å². The van der Waals surface area contributed by atoms with Crippen LogP contribution in [0, 0.1) is 13.8 Å². The van der Waals surface area contributed by atoms with Gasteiger partial charge in [-0.15, -0.1) is 11.3 Å². The first-order chi connectivity index (χ1) is 8.16. The lowest BCUT2D eigenvalue weighted by atomic mass is 10.1. The third-order valence-corrected chi connectivity index (χ3v) is 3.61. The molecule has 0 spiro atoms. The molecule has 2 rings (SSSR count). The van der Waals surface area contributed by atoms with E-state index in [2.05, 4.69) is 26.0 Å². The van der Waals surface area contributed by atoms with Gasteiger partial charge in [-0.2, -0.15) is 0 Å². The van der Waals surface area contributed by atoms with Gasteiger partial charge < -0.3 is 0 Å². The summed E-state index contributed by atoms with van der Waals surface area (Å²) in [6.07, 6.45) is 3.50. The van der Waals surface area contributed by atoms with Crippen molar-refractivity contribution < 1.29 is 4.79 Å². The molecule has 0 saturated carbocycles. The van der Waals surface area contributed by atoms with Gasteiger partial charge in [0, 0.05) is 0 Å². The number of aryl methyl sites for hydroxylation is 2. The molecular formula is C15H14OS. The summed E-state index contributed by atoms with van der Waals surface area (Å²) in [5.74, 6) is 0.0678. The predicted molar refractivity (Wildman–Crippen MR) is 73.6 cm³/mol. The third kappa shape index (κ3) is 2.92. The summed E-state index contributed by atoms with van der Waals surface area (Å²) in [4.78, 5) is 12.5. The number of allylic oxidation sites excluding steroid dienone is 1. The summed E-state index contributed by atoms with van der Waals surface area (Å²) in [6.45, 7) is 4.16. The Labute approximate surface area is 105 Å². The van der Waals surface area contributed by atoms with Gasteiger partial charge in [-0.25, -0.2) is 0 Å². The molecule has 0 unspecified atom stereocenters. The Morgan fingerprint density at radius 3 is 2.65 bits per heavy atom. The van der Waals surface area contributed by atoms with Gasteiger partial charge in [-0.3, -0.25) is 4.79 Å². The standard InChI is InChI=1S/C15H14OS/c1-11-5-6-13(10-12(11)2)7-8-14(16)15-4-3-9-17-15/h3-10H,1-2H3. The fourth-order valence-corrected chi connectivity index (χ4v) is 2.19. The average Bonchev–Trinajstić information content (AvgIpc) is 2.84. The first-order valence-electron chi connectivity index (χ1n) is 5.50. The molecule has 86 valence electrons. The zero-order chi connectivity index (χ0) is 12.3. The second-order valence-corrected chi connectivity index (χ2v) is 4.97. The first kappa shape index (κ1) is 11.8. The zero-order valence-corrected chi connectivity index (χ0v) is 10.8. The smallest absolute Gasteiger partial charge is 0.195 e. The van der Waals surface area contributed by atoms with Crippen molar-refractivity contribution in [3.05, 3.63) is 63.4 Å². The molecule has 17 heavy (non-hydrogen) atoms. The topological polar surface area (TPSA) is 17.1 Å². The number of ketones is 1. The minimum Gasteiger partial charge on any atom is -0.288 e. The van der Waals surface area contributed by atoms with E-state index >= 15 is 0 Å². The van der Waals surface area contributed by atoms with Crippen LogP contribution in [0.4, 0.5) is 0 Å². The van der Waals surface area contributed by atoms with Gasteiger partial charge in [0.2, 0.25) is 0 Å². The molecule has 2 aromatic rings. The van der Waals surface area contributed by atoms with Gasteiger partial charge >= 0.3 is 0 Å². The Hall–Kier alpha value is -1.67. The van der Waals surface area contributed by atoms with Crippen molar-refractivity contribution >= 4 is 23.2 Å². The minimum absolute atomic E-state index is 0.0678. The highest BCUT2D eigenvalue weighted by Gasteiger charge is 2.01. The van der Waals surface area contributed by atoms with Crippen LogP contribution in [0.2, 0.25) is 0 Å². The average molecular weight is 242 g/mol. The van der Waals surface area contributed by atoms with Gasteiger partial charge in [-0.05, 0) is 48.1 Å². The van der Waals surface area contributed by atoms with Crippen molar-refractivity contribution in [1.82, 2.24) is 0 Å². The predicted octanol–water partition coefficient (Wildman–Crippen LogP) is 4.26. The van der Waals surface area contributed by atoms with Crippen LogP contribution in [0.25, 0.3) is 6.08 Å². The molecule has 0 radical (unpaired) electrons. The zero-order valence-electron chi connectivity index (χ0n) is 9.94. The summed E-state index contributed by atoms with van der Waals surface area (Å²) in [5, 5.41) is 1.91. The Morgan fingerprint density at radius 2 is 2.00 bits per heavy atom. The van der Waals surface area contributed by atoms with Crippen molar-refractivity contribution in [2.24, 2.45) is 0 Å². The van der Waals surface area contributed by atoms with E-state index in [0.717, 1.165) is 10.4 Å². The lowest BCUT2D eigenvalue weighted by molar-refractivity contribution is 0.105. The maximum absolute atomic E-state index is 11.8. The van der Waals surface area contributed by atoms with E-state index in [1.54, 1.807) is 6.08 Å². The molecule has 0 bridgehead atoms. The largest absolute Gasteiger partial charge is 0.288 e. The molecule has 1 nitrogen and oxygen atoms in total. The van der Waals surface area contributed by atoms with Crippen molar-refractivity contribution in [3.63, 3.8) is 0 Å². The summed E-state index contributed by atoms with van der Waals surface area (Å²) in [7, 11) is 0. The lowest BCUT2D eigenvalue weighted by Gasteiger charge is -2.00. The molecule has 0 saturated heterocycles.